The van der Waals surface area contributed by atoms with Gasteiger partial charge in [0.25, 0.3) is 5.91 Å². The first-order valence-electron chi connectivity index (χ1n) is 10.7. The lowest BCUT2D eigenvalue weighted by molar-refractivity contribution is -0.0450. The summed E-state index contributed by atoms with van der Waals surface area (Å²) >= 11 is 0. The molecule has 9 nitrogen and oxygen atoms in total. The van der Waals surface area contributed by atoms with E-state index in [9.17, 15) is 9.59 Å². The maximum absolute atomic E-state index is 12.9. The zero-order valence-electron chi connectivity index (χ0n) is 17.7. The van der Waals surface area contributed by atoms with Gasteiger partial charge < -0.3 is 15.4 Å². The molecule has 0 aromatic carbocycles. The summed E-state index contributed by atoms with van der Waals surface area (Å²) in [4.78, 5) is 42.2. The highest BCUT2D eigenvalue weighted by molar-refractivity contribution is 5.92. The highest BCUT2D eigenvalue weighted by Gasteiger charge is 2.59. The summed E-state index contributed by atoms with van der Waals surface area (Å²) in [6.45, 7) is 3.56. The predicted molar refractivity (Wildman–Crippen MR) is 110 cm³/mol. The second-order valence-electron chi connectivity index (χ2n) is 9.48. The van der Waals surface area contributed by atoms with Gasteiger partial charge in [0.15, 0.2) is 0 Å². The molecule has 162 valence electrons. The van der Waals surface area contributed by atoms with Crippen molar-refractivity contribution in [2.45, 2.75) is 63.5 Å². The van der Waals surface area contributed by atoms with Gasteiger partial charge in [-0.1, -0.05) is 0 Å². The second kappa shape index (κ2) is 7.25. The number of nitrogens with one attached hydrogen (secondary N) is 2. The summed E-state index contributed by atoms with van der Waals surface area (Å²) in [5.74, 6) is 1.50. The van der Waals surface area contributed by atoms with E-state index in [1.54, 1.807) is 25.4 Å². The van der Waals surface area contributed by atoms with Gasteiger partial charge in [-0.2, -0.15) is 4.98 Å². The minimum Gasteiger partial charge on any atom is -0.391 e. The Bertz CT molecular complexity index is 1030. The van der Waals surface area contributed by atoms with Crippen LogP contribution in [0.2, 0.25) is 0 Å². The molecule has 2 aromatic rings. The van der Waals surface area contributed by atoms with Gasteiger partial charge in [-0.05, 0) is 64.2 Å². The number of amides is 2. The molecule has 2 unspecified atom stereocenters. The molecule has 0 saturated heterocycles. The van der Waals surface area contributed by atoms with Gasteiger partial charge in [0, 0.05) is 29.5 Å². The molecule has 4 bridgehead atoms. The third kappa shape index (κ3) is 3.96. The summed E-state index contributed by atoms with van der Waals surface area (Å²) in [6, 6.07) is 1.57. The Hall–Kier alpha value is -3.10. The van der Waals surface area contributed by atoms with Gasteiger partial charge in [-0.15, -0.1) is 0 Å². The minimum atomic E-state index is -0.508. The third-order valence-corrected chi connectivity index (χ3v) is 6.74. The summed E-state index contributed by atoms with van der Waals surface area (Å²) in [5.41, 5.74) is 0.315. The van der Waals surface area contributed by atoms with Crippen molar-refractivity contribution in [2.75, 3.05) is 0 Å². The minimum absolute atomic E-state index is 0.202. The topological polar surface area (TPSA) is 119 Å². The fraction of sp³-hybridized carbons (Fsp3) is 0.545. The van der Waals surface area contributed by atoms with Crippen molar-refractivity contribution >= 4 is 12.0 Å². The smallest absolute Gasteiger partial charge is 0.391 e. The van der Waals surface area contributed by atoms with Crippen LogP contribution in [-0.4, -0.2) is 43.0 Å². The molecule has 4 aliphatic carbocycles. The van der Waals surface area contributed by atoms with Crippen LogP contribution < -0.4 is 15.4 Å². The highest BCUT2D eigenvalue weighted by Crippen LogP contribution is 2.57. The highest BCUT2D eigenvalue weighted by atomic mass is 16.6. The molecule has 2 heterocycles. The van der Waals surface area contributed by atoms with E-state index in [1.165, 1.54) is 6.20 Å². The Morgan fingerprint density at radius 1 is 1.03 bits per heavy atom. The van der Waals surface area contributed by atoms with Crippen molar-refractivity contribution in [3.8, 4) is 5.88 Å². The Morgan fingerprint density at radius 2 is 1.74 bits per heavy atom. The predicted octanol–water partition coefficient (Wildman–Crippen LogP) is 2.49. The molecule has 4 saturated carbocycles. The van der Waals surface area contributed by atoms with Crippen LogP contribution in [-0.2, 0) is 0 Å². The lowest BCUT2D eigenvalue weighted by atomic mass is 9.50. The number of aryl methyl sites for hydroxylation is 2. The van der Waals surface area contributed by atoms with E-state index < -0.39 is 6.09 Å². The van der Waals surface area contributed by atoms with Crippen molar-refractivity contribution < 1.29 is 14.3 Å². The standard InChI is InChI=1S/C22H26N6O3/c1-13-10-23-11-17(25-13)19(29)27-21-6-15-5-16(7-21)9-22(8-15,12-21)28-20(30)31-18-3-4-24-14(2)26-18/h3-4,10-11,15-16H,5-9,12H2,1-2H3,(H,27,29)(H,28,30). The van der Waals surface area contributed by atoms with Crippen molar-refractivity contribution in [2.24, 2.45) is 11.8 Å². The second-order valence-corrected chi connectivity index (χ2v) is 9.48. The summed E-state index contributed by atoms with van der Waals surface area (Å²) in [5, 5.41) is 6.41. The molecule has 2 aromatic heterocycles. The van der Waals surface area contributed by atoms with Crippen LogP contribution in [0, 0.1) is 25.7 Å². The van der Waals surface area contributed by atoms with Crippen LogP contribution in [0.15, 0.2) is 24.7 Å². The molecule has 31 heavy (non-hydrogen) atoms. The number of carbonyl (C=O) groups is 2. The average Bonchev–Trinajstić information content (AvgIpc) is 2.66. The molecule has 0 radical (unpaired) electrons. The summed E-state index contributed by atoms with van der Waals surface area (Å²) in [7, 11) is 0. The number of hydrogen-bond donors (Lipinski definition) is 2. The molecule has 2 N–H and O–H groups in total. The summed E-state index contributed by atoms with van der Waals surface area (Å²) in [6.07, 6.45) is 9.69. The molecule has 6 rings (SSSR count). The molecule has 0 aliphatic heterocycles. The Balaban J connectivity index is 1.32. The van der Waals surface area contributed by atoms with Gasteiger partial charge in [-0.3, -0.25) is 9.78 Å². The van der Waals surface area contributed by atoms with Gasteiger partial charge in [0.2, 0.25) is 5.88 Å². The van der Waals surface area contributed by atoms with Gasteiger partial charge in [-0.25, -0.2) is 14.8 Å². The number of ether oxygens (including phenoxy) is 1. The number of nitrogens with zero attached hydrogens (tertiary/aromatic N) is 4. The Kier molecular flexibility index (Phi) is 4.64. The fourth-order valence-electron chi connectivity index (χ4n) is 6.26. The van der Waals surface area contributed by atoms with Crippen LogP contribution in [0.1, 0.15) is 60.5 Å². The van der Waals surface area contributed by atoms with Gasteiger partial charge >= 0.3 is 6.09 Å². The van der Waals surface area contributed by atoms with Crippen LogP contribution >= 0.6 is 0 Å². The molecule has 2 amide bonds. The monoisotopic (exact) mass is 422 g/mol. The maximum Gasteiger partial charge on any atom is 0.414 e. The van der Waals surface area contributed by atoms with Crippen LogP contribution in [0.4, 0.5) is 4.79 Å². The average molecular weight is 422 g/mol. The lowest BCUT2D eigenvalue weighted by Gasteiger charge is -2.61. The number of carbonyl (C=O) groups excluding carboxylic acids is 2. The SMILES string of the molecule is Cc1cncc(C(=O)NC23CC4CC(CC(NC(=O)Oc5ccnc(C)n5)(C4)C2)C3)n1. The van der Waals surface area contributed by atoms with E-state index in [0.29, 0.717) is 35.5 Å². The molecule has 0 spiro atoms. The Morgan fingerprint density at radius 3 is 2.42 bits per heavy atom. The molecule has 9 heteroatoms. The fourth-order valence-corrected chi connectivity index (χ4v) is 6.26. The van der Waals surface area contributed by atoms with Crippen molar-refractivity contribution in [3.05, 3.63) is 41.9 Å². The van der Waals surface area contributed by atoms with E-state index >= 15 is 0 Å². The van der Waals surface area contributed by atoms with E-state index in [1.807, 2.05) is 6.92 Å². The zero-order chi connectivity index (χ0) is 21.6. The summed E-state index contributed by atoms with van der Waals surface area (Å²) < 4.78 is 5.42. The normalized spacial score (nSPS) is 30.6. The number of hydrogen-bond acceptors (Lipinski definition) is 7. The first-order valence-corrected chi connectivity index (χ1v) is 10.7. The third-order valence-electron chi connectivity index (χ3n) is 6.74. The Labute approximate surface area is 180 Å². The van der Waals surface area contributed by atoms with E-state index in [4.69, 9.17) is 4.74 Å². The maximum atomic E-state index is 12.9. The van der Waals surface area contributed by atoms with Crippen LogP contribution in [0.25, 0.3) is 0 Å². The van der Waals surface area contributed by atoms with E-state index in [2.05, 4.69) is 30.6 Å². The van der Waals surface area contributed by atoms with Crippen LogP contribution in [0.3, 0.4) is 0 Å². The molecule has 4 fully saturated rings. The molecule has 4 aliphatic rings. The lowest BCUT2D eigenvalue weighted by Crippen LogP contribution is -2.70. The number of rotatable bonds is 4. The van der Waals surface area contributed by atoms with E-state index in [0.717, 1.165) is 32.1 Å². The van der Waals surface area contributed by atoms with Gasteiger partial charge in [0.1, 0.15) is 11.5 Å². The quantitative estimate of drug-likeness (QED) is 0.777. The first kappa shape index (κ1) is 19.8. The first-order chi connectivity index (χ1) is 14.8. The van der Waals surface area contributed by atoms with E-state index in [-0.39, 0.29) is 22.9 Å². The largest absolute Gasteiger partial charge is 0.414 e. The molecule has 2 atom stereocenters. The van der Waals surface area contributed by atoms with Crippen LogP contribution in [0.5, 0.6) is 5.88 Å². The van der Waals surface area contributed by atoms with Crippen molar-refractivity contribution in [3.63, 3.8) is 0 Å². The van der Waals surface area contributed by atoms with Gasteiger partial charge in [0.05, 0.1) is 11.9 Å². The van der Waals surface area contributed by atoms with Crippen molar-refractivity contribution in [1.29, 1.82) is 0 Å². The van der Waals surface area contributed by atoms with Crippen molar-refractivity contribution in [1.82, 2.24) is 30.6 Å². The number of aromatic nitrogens is 4. The molecular formula is C22H26N6O3. The zero-order valence-corrected chi connectivity index (χ0v) is 17.7. The molecular weight excluding hydrogens is 396 g/mol.